The Morgan fingerprint density at radius 1 is 1.03 bits per heavy atom. The van der Waals surface area contributed by atoms with Crippen molar-refractivity contribution in [2.45, 2.75) is 53.5 Å². The third kappa shape index (κ3) is 8.12. The fraction of sp³-hybridized carbons (Fsp3) is 0.500. The van der Waals surface area contributed by atoms with Crippen molar-refractivity contribution < 1.29 is 46.8 Å². The van der Waals surface area contributed by atoms with Crippen LogP contribution in [0.15, 0.2) is 48.5 Å². The molecule has 3 rings (SSSR count). The summed E-state index contributed by atoms with van der Waals surface area (Å²) < 4.78 is 0.674. The van der Waals surface area contributed by atoms with Gasteiger partial charge in [0.25, 0.3) is 0 Å². The van der Waals surface area contributed by atoms with E-state index in [1.165, 1.54) is 16.7 Å². The molecule has 0 spiro atoms. The molecule has 1 saturated heterocycles. The second-order valence-electron chi connectivity index (χ2n) is 10.1. The number of carbonyl (C=O) groups is 2. The second-order valence-corrected chi connectivity index (χ2v) is 10.1. The van der Waals surface area contributed by atoms with Gasteiger partial charge in [-0.05, 0) is 49.3 Å². The zero-order valence-corrected chi connectivity index (χ0v) is 23.6. The van der Waals surface area contributed by atoms with Gasteiger partial charge in [0.05, 0.1) is 19.0 Å². The van der Waals surface area contributed by atoms with E-state index in [9.17, 15) is 9.59 Å². The van der Waals surface area contributed by atoms with E-state index in [-0.39, 0.29) is 50.3 Å². The molecule has 1 N–H and O–H groups in total. The van der Waals surface area contributed by atoms with Crippen molar-refractivity contribution in [2.75, 3.05) is 26.2 Å². The molecule has 5 heteroatoms. The molecule has 0 aromatic heterocycles. The number of ketones is 1. The number of likely N-dealkylation sites (tertiary alicyclic amines) is 1. The Bertz CT molecular complexity index is 908. The predicted octanol–water partition coefficient (Wildman–Crippen LogP) is 4.61. The van der Waals surface area contributed by atoms with E-state index in [2.05, 4.69) is 69.4 Å². The largest absolute Gasteiger partial charge is 0.355 e. The Labute approximate surface area is 225 Å². The molecule has 175 valence electrons. The molecular weight excluding hydrogens is 485 g/mol. The number of rotatable bonds is 9. The number of hydrogen-bond acceptors (Lipinski definition) is 2. The number of amides is 1. The van der Waals surface area contributed by atoms with Crippen molar-refractivity contribution in [1.29, 1.82) is 0 Å². The molecule has 1 amide bonds. The fourth-order valence-corrected chi connectivity index (χ4v) is 5.06. The molecule has 1 fully saturated rings. The number of aryl methyl sites for hydroxylation is 2. The number of nitrogens with zero attached hydrogens (tertiary/aromatic N) is 1. The summed E-state index contributed by atoms with van der Waals surface area (Å²) in [5, 5.41) is 3.13. The first-order valence-corrected chi connectivity index (χ1v) is 12.0. The first kappa shape index (κ1) is 27.9. The smallest absolute Gasteiger partial charge is 0.228 e. The minimum atomic E-state index is -0.0285. The number of quaternary nitrogens is 1. The van der Waals surface area contributed by atoms with Gasteiger partial charge >= 0.3 is 0 Å². The van der Waals surface area contributed by atoms with Crippen molar-refractivity contribution in [3.05, 3.63) is 70.8 Å². The molecule has 1 radical (unpaired) electrons. The maximum absolute atomic E-state index is 13.4. The quantitative estimate of drug-likeness (QED) is 0.487. The van der Waals surface area contributed by atoms with E-state index in [4.69, 9.17) is 0 Å². The number of nitrogens with one attached hydrogen (secondary N) is 1. The molecule has 2 atom stereocenters. The molecule has 0 bridgehead atoms. The summed E-state index contributed by atoms with van der Waals surface area (Å²) in [5.41, 5.74) is 4.74. The predicted molar refractivity (Wildman–Crippen MR) is 130 cm³/mol. The molecule has 2 aromatic rings. The van der Waals surface area contributed by atoms with Crippen LogP contribution in [-0.4, -0.2) is 42.4 Å². The van der Waals surface area contributed by atoms with Crippen molar-refractivity contribution in [3.8, 4) is 0 Å². The summed E-state index contributed by atoms with van der Waals surface area (Å²) in [6, 6.07) is 16.6. The first-order chi connectivity index (χ1) is 15.3. The van der Waals surface area contributed by atoms with Crippen LogP contribution >= 0.6 is 0 Å². The van der Waals surface area contributed by atoms with Crippen molar-refractivity contribution in [2.24, 2.45) is 11.8 Å². The standard InChI is InChI=1S/C28H38N2O2.Y/c1-21(2)17-29-28(32)25-14-9-15-30(19-25,18-24-12-6-5-7-13-24)20-26(31)16-27-22(3)10-8-11-23(27)4;/h5-8,10-13,21,25H,9,14-20H2,1-4H3;/p+1. The SMILES string of the molecule is Cc1cccc(C)c1CC(=O)C[N+]1(Cc2ccccc2)CCCC(C(=O)NCC(C)C)C1.[Y]. The Kier molecular flexibility index (Phi) is 10.9. The Hall–Kier alpha value is -1.36. The molecule has 0 aliphatic carbocycles. The van der Waals surface area contributed by atoms with Gasteiger partial charge < -0.3 is 9.80 Å². The maximum Gasteiger partial charge on any atom is 0.228 e. The van der Waals surface area contributed by atoms with Gasteiger partial charge in [-0.2, -0.15) is 0 Å². The van der Waals surface area contributed by atoms with Crippen LogP contribution in [0.2, 0.25) is 0 Å². The van der Waals surface area contributed by atoms with E-state index >= 15 is 0 Å². The number of carbonyl (C=O) groups excluding carboxylic acids is 2. The van der Waals surface area contributed by atoms with E-state index < -0.39 is 0 Å². The van der Waals surface area contributed by atoms with Crippen LogP contribution in [0, 0.1) is 25.7 Å². The minimum absolute atomic E-state index is 0. The number of piperidine rings is 1. The normalized spacial score (nSPS) is 20.2. The van der Waals surface area contributed by atoms with Crippen molar-refractivity contribution in [3.63, 3.8) is 0 Å². The summed E-state index contributed by atoms with van der Waals surface area (Å²) in [6.45, 7) is 12.1. The van der Waals surface area contributed by atoms with Gasteiger partial charge in [-0.25, -0.2) is 0 Å². The van der Waals surface area contributed by atoms with Gasteiger partial charge in [-0.15, -0.1) is 0 Å². The van der Waals surface area contributed by atoms with E-state index in [0.29, 0.717) is 29.9 Å². The zero-order valence-electron chi connectivity index (χ0n) is 20.8. The minimum Gasteiger partial charge on any atom is -0.355 e. The first-order valence-electron chi connectivity index (χ1n) is 12.0. The van der Waals surface area contributed by atoms with Crippen LogP contribution in [0.25, 0.3) is 0 Å². The molecule has 0 saturated carbocycles. The number of Topliss-reactive ketones (excluding diaryl/α,β-unsaturated/α-hetero) is 1. The molecule has 1 aliphatic heterocycles. The molecule has 2 unspecified atom stereocenters. The Morgan fingerprint density at radius 2 is 1.70 bits per heavy atom. The van der Waals surface area contributed by atoms with Gasteiger partial charge in [-0.1, -0.05) is 62.4 Å². The van der Waals surface area contributed by atoms with E-state index in [1.807, 2.05) is 12.1 Å². The summed E-state index contributed by atoms with van der Waals surface area (Å²) in [6.07, 6.45) is 2.35. The molecule has 2 aromatic carbocycles. The van der Waals surface area contributed by atoms with Gasteiger partial charge in [0.15, 0.2) is 5.78 Å². The van der Waals surface area contributed by atoms with E-state index in [1.54, 1.807) is 0 Å². The molecular formula is C28H39N2O2Y+. The summed E-state index contributed by atoms with van der Waals surface area (Å²) in [4.78, 5) is 26.3. The van der Waals surface area contributed by atoms with E-state index in [0.717, 1.165) is 38.0 Å². The molecule has 4 nitrogen and oxygen atoms in total. The molecule has 1 heterocycles. The van der Waals surface area contributed by atoms with Crippen LogP contribution in [0.5, 0.6) is 0 Å². The molecule has 1 aliphatic rings. The summed E-state index contributed by atoms with van der Waals surface area (Å²) in [5.74, 6) is 0.821. The third-order valence-corrected chi connectivity index (χ3v) is 6.74. The zero-order chi connectivity index (χ0) is 23.1. The fourth-order valence-electron chi connectivity index (χ4n) is 5.06. The van der Waals surface area contributed by atoms with Crippen LogP contribution in [-0.2, 0) is 55.3 Å². The van der Waals surface area contributed by atoms with Crippen LogP contribution in [0.3, 0.4) is 0 Å². The van der Waals surface area contributed by atoms with Crippen LogP contribution in [0.4, 0.5) is 0 Å². The average molecular weight is 525 g/mol. The van der Waals surface area contributed by atoms with Gasteiger partial charge in [0.2, 0.25) is 5.91 Å². The van der Waals surface area contributed by atoms with Gasteiger partial charge in [0.1, 0.15) is 13.1 Å². The molecule has 33 heavy (non-hydrogen) atoms. The van der Waals surface area contributed by atoms with Gasteiger partial charge in [0, 0.05) is 51.2 Å². The monoisotopic (exact) mass is 524 g/mol. The third-order valence-electron chi connectivity index (χ3n) is 6.74. The topological polar surface area (TPSA) is 46.2 Å². The summed E-state index contributed by atoms with van der Waals surface area (Å²) >= 11 is 0. The summed E-state index contributed by atoms with van der Waals surface area (Å²) in [7, 11) is 0. The average Bonchev–Trinajstić information content (AvgIpc) is 2.75. The van der Waals surface area contributed by atoms with Crippen LogP contribution < -0.4 is 5.32 Å². The van der Waals surface area contributed by atoms with Gasteiger partial charge in [-0.3, -0.25) is 9.59 Å². The Morgan fingerprint density at radius 3 is 2.33 bits per heavy atom. The Balaban J connectivity index is 0.00000385. The van der Waals surface area contributed by atoms with Crippen molar-refractivity contribution in [1.82, 2.24) is 5.32 Å². The number of hydrogen-bond donors (Lipinski definition) is 1. The second kappa shape index (κ2) is 12.9. The maximum atomic E-state index is 13.4. The van der Waals surface area contributed by atoms with Crippen LogP contribution in [0.1, 0.15) is 48.9 Å². The number of benzene rings is 2. The van der Waals surface area contributed by atoms with Crippen molar-refractivity contribution >= 4 is 11.7 Å².